The molecule has 2 heterocycles. The van der Waals surface area contributed by atoms with Gasteiger partial charge in [0.2, 0.25) is 0 Å². The molecule has 12 heteroatoms. The first kappa shape index (κ1) is 23.5. The van der Waals surface area contributed by atoms with Crippen LogP contribution in [0.1, 0.15) is 11.4 Å². The number of rotatable bonds is 9. The van der Waals surface area contributed by atoms with Gasteiger partial charge in [-0.05, 0) is 36.2 Å². The second kappa shape index (κ2) is 10.5. The van der Waals surface area contributed by atoms with E-state index in [1.54, 1.807) is 14.1 Å². The number of benzene rings is 2. The number of aromatic nitrogens is 6. The molecule has 180 valence electrons. The zero-order valence-corrected chi connectivity index (χ0v) is 19.1. The van der Waals surface area contributed by atoms with Gasteiger partial charge in [0.25, 0.3) is 11.5 Å². The summed E-state index contributed by atoms with van der Waals surface area (Å²) >= 11 is 0. The van der Waals surface area contributed by atoms with E-state index in [9.17, 15) is 14.0 Å². The Balaban J connectivity index is 1.45. The number of H-pyrrole nitrogens is 1. The molecule has 0 aliphatic heterocycles. The highest BCUT2D eigenvalue weighted by Crippen LogP contribution is 2.22. The lowest BCUT2D eigenvalue weighted by molar-refractivity contribution is -0.130. The van der Waals surface area contributed by atoms with Crippen LogP contribution in [0.5, 0.6) is 5.75 Å². The molecule has 0 bridgehead atoms. The van der Waals surface area contributed by atoms with E-state index in [0.717, 1.165) is 18.1 Å². The zero-order chi connectivity index (χ0) is 24.8. The number of aryl methyl sites for hydroxylation is 2. The molecule has 2 N–H and O–H groups in total. The highest BCUT2D eigenvalue weighted by atomic mass is 19.1. The minimum atomic E-state index is -0.651. The number of hydrogen-bond donors (Lipinski definition) is 2. The molecule has 2 aromatic carbocycles. The smallest absolute Gasteiger partial charge is 0.298 e. The van der Waals surface area contributed by atoms with Crippen molar-refractivity contribution in [2.24, 2.45) is 0 Å². The number of hydrogen-bond acceptors (Lipinski definition) is 8. The Morgan fingerprint density at radius 2 is 1.97 bits per heavy atom. The van der Waals surface area contributed by atoms with Gasteiger partial charge in [-0.1, -0.05) is 17.3 Å². The largest absolute Gasteiger partial charge is 0.484 e. The van der Waals surface area contributed by atoms with E-state index < -0.39 is 11.4 Å². The SMILES string of the molecule is CN(C)C(=O)COc1ccc(Nc2nccn(-c3ccc(CCc4nn[nH]n4)cc3)c2=O)c(F)c1. The van der Waals surface area contributed by atoms with E-state index in [1.807, 2.05) is 24.3 Å². The summed E-state index contributed by atoms with van der Waals surface area (Å²) < 4.78 is 21.3. The number of nitrogens with one attached hydrogen (secondary N) is 2. The third-order valence-corrected chi connectivity index (χ3v) is 5.14. The van der Waals surface area contributed by atoms with Crippen LogP contribution in [0.15, 0.2) is 59.7 Å². The van der Waals surface area contributed by atoms with E-state index in [4.69, 9.17) is 4.74 Å². The van der Waals surface area contributed by atoms with Crippen LogP contribution in [0.2, 0.25) is 0 Å². The van der Waals surface area contributed by atoms with Crippen LogP contribution in [0, 0.1) is 5.82 Å². The van der Waals surface area contributed by atoms with Crippen LogP contribution in [-0.4, -0.2) is 61.7 Å². The lowest BCUT2D eigenvalue weighted by Crippen LogP contribution is -2.27. The molecule has 4 rings (SSSR count). The predicted octanol–water partition coefficient (Wildman–Crippen LogP) is 1.88. The Kier molecular flexibility index (Phi) is 7.10. The second-order valence-corrected chi connectivity index (χ2v) is 7.79. The summed E-state index contributed by atoms with van der Waals surface area (Å²) in [7, 11) is 3.21. The Bertz CT molecular complexity index is 1350. The van der Waals surface area contributed by atoms with Gasteiger partial charge in [0, 0.05) is 44.7 Å². The minimum Gasteiger partial charge on any atom is -0.484 e. The molecule has 0 radical (unpaired) electrons. The maximum Gasteiger partial charge on any atom is 0.298 e. The second-order valence-electron chi connectivity index (χ2n) is 7.79. The normalized spacial score (nSPS) is 10.7. The first-order valence-electron chi connectivity index (χ1n) is 10.7. The first-order valence-corrected chi connectivity index (χ1v) is 10.7. The molecule has 4 aromatic rings. The van der Waals surface area contributed by atoms with Gasteiger partial charge in [0.1, 0.15) is 11.6 Å². The summed E-state index contributed by atoms with van der Waals surface area (Å²) in [6, 6.07) is 11.5. The van der Waals surface area contributed by atoms with Gasteiger partial charge in [-0.3, -0.25) is 14.2 Å². The van der Waals surface area contributed by atoms with E-state index in [-0.39, 0.29) is 29.8 Å². The standard InChI is InChI=1S/C23H23FN8O3/c1-31(2)21(33)14-35-17-8-9-19(18(24)13-17)26-22-23(34)32(12-11-25-22)16-6-3-15(4-7-16)5-10-20-27-29-30-28-20/h3-4,6-9,11-13H,5,10,14H2,1-2H3,(H,25,26)(H,27,28,29,30). The topological polar surface area (TPSA) is 131 Å². The first-order chi connectivity index (χ1) is 16.9. The number of carbonyl (C=O) groups is 1. The molecule has 0 atom stereocenters. The minimum absolute atomic E-state index is 0.0379. The molecule has 0 aliphatic carbocycles. The molecule has 35 heavy (non-hydrogen) atoms. The molecular formula is C23H23FN8O3. The molecule has 11 nitrogen and oxygen atoms in total. The van der Waals surface area contributed by atoms with Gasteiger partial charge < -0.3 is 15.0 Å². The summed E-state index contributed by atoms with van der Waals surface area (Å²) in [5.74, 6) is -0.113. The summed E-state index contributed by atoms with van der Waals surface area (Å²) in [6.07, 6.45) is 4.35. The van der Waals surface area contributed by atoms with Crippen LogP contribution in [0.25, 0.3) is 5.69 Å². The van der Waals surface area contributed by atoms with Gasteiger partial charge in [0.15, 0.2) is 18.2 Å². The maximum absolute atomic E-state index is 14.6. The van der Waals surface area contributed by atoms with Gasteiger partial charge in [-0.2, -0.15) is 5.21 Å². The molecule has 0 saturated carbocycles. The molecule has 0 fully saturated rings. The van der Waals surface area contributed by atoms with Crippen molar-refractivity contribution < 1.29 is 13.9 Å². The van der Waals surface area contributed by atoms with Crippen molar-refractivity contribution in [3.8, 4) is 11.4 Å². The van der Waals surface area contributed by atoms with Crippen LogP contribution in [0.3, 0.4) is 0 Å². The van der Waals surface area contributed by atoms with Gasteiger partial charge in [-0.15, -0.1) is 10.2 Å². The summed E-state index contributed by atoms with van der Waals surface area (Å²) in [5, 5.41) is 16.6. The van der Waals surface area contributed by atoms with Crippen molar-refractivity contribution in [1.82, 2.24) is 35.1 Å². The third kappa shape index (κ3) is 5.85. The van der Waals surface area contributed by atoms with Crippen molar-refractivity contribution in [2.45, 2.75) is 12.8 Å². The van der Waals surface area contributed by atoms with Crippen LogP contribution in [-0.2, 0) is 17.6 Å². The van der Waals surface area contributed by atoms with Crippen molar-refractivity contribution in [1.29, 1.82) is 0 Å². The van der Waals surface area contributed by atoms with Crippen LogP contribution in [0.4, 0.5) is 15.9 Å². The van der Waals surface area contributed by atoms with E-state index in [0.29, 0.717) is 17.9 Å². The Morgan fingerprint density at radius 1 is 1.17 bits per heavy atom. The highest BCUT2D eigenvalue weighted by molar-refractivity contribution is 5.77. The van der Waals surface area contributed by atoms with Crippen molar-refractivity contribution >= 4 is 17.4 Å². The molecule has 0 unspecified atom stereocenters. The fourth-order valence-electron chi connectivity index (χ4n) is 3.16. The molecule has 0 aliphatic rings. The fraction of sp³-hybridized carbons (Fsp3) is 0.217. The monoisotopic (exact) mass is 478 g/mol. The fourth-order valence-corrected chi connectivity index (χ4v) is 3.16. The van der Waals surface area contributed by atoms with Gasteiger partial charge >= 0.3 is 0 Å². The number of tetrazole rings is 1. The number of carbonyl (C=O) groups excluding carboxylic acids is 1. The molecular weight excluding hydrogens is 455 g/mol. The molecule has 0 spiro atoms. The van der Waals surface area contributed by atoms with E-state index in [1.165, 1.54) is 34.0 Å². The number of ether oxygens (including phenoxy) is 1. The predicted molar refractivity (Wildman–Crippen MR) is 125 cm³/mol. The van der Waals surface area contributed by atoms with Crippen molar-refractivity contribution in [3.63, 3.8) is 0 Å². The summed E-state index contributed by atoms with van der Waals surface area (Å²) in [5.41, 5.74) is 1.30. The van der Waals surface area contributed by atoms with Crippen molar-refractivity contribution in [3.05, 3.63) is 82.4 Å². The van der Waals surface area contributed by atoms with Crippen LogP contribution >= 0.6 is 0 Å². The quantitative estimate of drug-likeness (QED) is 0.373. The number of anilines is 2. The number of nitrogens with zero attached hydrogens (tertiary/aromatic N) is 6. The molecule has 2 aromatic heterocycles. The number of aromatic amines is 1. The number of halogens is 1. The highest BCUT2D eigenvalue weighted by Gasteiger charge is 2.12. The van der Waals surface area contributed by atoms with E-state index >= 15 is 0 Å². The van der Waals surface area contributed by atoms with Gasteiger partial charge in [-0.25, -0.2) is 9.37 Å². The number of likely N-dealkylation sites (N-methyl/N-ethyl adjacent to an activating group) is 1. The summed E-state index contributed by atoms with van der Waals surface area (Å²) in [6.45, 7) is -0.208. The zero-order valence-electron chi connectivity index (χ0n) is 19.1. The van der Waals surface area contributed by atoms with Crippen molar-refractivity contribution in [2.75, 3.05) is 26.0 Å². The Hall–Kier alpha value is -4.61. The lowest BCUT2D eigenvalue weighted by atomic mass is 10.1. The maximum atomic E-state index is 14.6. The van der Waals surface area contributed by atoms with Crippen LogP contribution < -0.4 is 15.6 Å². The average Bonchev–Trinajstić information content (AvgIpc) is 3.38. The number of amides is 1. The third-order valence-electron chi connectivity index (χ3n) is 5.14. The Labute approximate surface area is 199 Å². The van der Waals surface area contributed by atoms with Gasteiger partial charge in [0.05, 0.1) is 5.69 Å². The summed E-state index contributed by atoms with van der Waals surface area (Å²) in [4.78, 5) is 30.1. The van der Waals surface area contributed by atoms with E-state index in [2.05, 4.69) is 30.9 Å². The molecule has 0 saturated heterocycles. The Morgan fingerprint density at radius 3 is 2.66 bits per heavy atom. The average molecular weight is 478 g/mol. The molecule has 1 amide bonds. The lowest BCUT2D eigenvalue weighted by Gasteiger charge is -2.13.